The van der Waals surface area contributed by atoms with E-state index < -0.39 is 5.92 Å². The van der Waals surface area contributed by atoms with Crippen LogP contribution in [0.2, 0.25) is 0 Å². The van der Waals surface area contributed by atoms with Crippen LogP contribution in [0.5, 0.6) is 0 Å². The van der Waals surface area contributed by atoms with Crippen LogP contribution in [0.3, 0.4) is 0 Å². The van der Waals surface area contributed by atoms with E-state index in [2.05, 4.69) is 10.1 Å². The third-order valence-electron chi connectivity index (χ3n) is 3.29. The molecule has 2 aromatic rings. The number of hydrogen-bond donors (Lipinski definition) is 0. The van der Waals surface area contributed by atoms with Crippen LogP contribution in [-0.2, 0) is 9.63 Å². The Bertz CT molecular complexity index is 706. The summed E-state index contributed by atoms with van der Waals surface area (Å²) in [4.78, 5) is 21.3. The molecule has 0 spiro atoms. The Kier molecular flexibility index (Phi) is 3.60. The van der Waals surface area contributed by atoms with E-state index in [4.69, 9.17) is 4.84 Å². The minimum Gasteiger partial charge on any atom is -0.317 e. The van der Waals surface area contributed by atoms with Crippen molar-refractivity contribution in [3.8, 4) is 0 Å². The maximum Gasteiger partial charge on any atom is 0.349 e. The minimum atomic E-state index is -0.549. The first kappa shape index (κ1) is 13.2. The molecule has 0 unspecified atom stereocenters. The van der Waals surface area contributed by atoms with Gasteiger partial charge in [-0.1, -0.05) is 53.7 Å². The van der Waals surface area contributed by atoms with Gasteiger partial charge in [0.25, 0.3) is 0 Å². The third-order valence-corrected chi connectivity index (χ3v) is 3.29. The van der Waals surface area contributed by atoms with Crippen molar-refractivity contribution in [3.63, 3.8) is 0 Å². The summed E-state index contributed by atoms with van der Waals surface area (Å²) in [7, 11) is 0. The fourth-order valence-corrected chi connectivity index (χ4v) is 2.28. The van der Waals surface area contributed by atoms with Crippen molar-refractivity contribution >= 4 is 23.1 Å². The number of hydrogen-bond acceptors (Lipinski definition) is 4. The first-order chi connectivity index (χ1) is 10.3. The normalized spacial score (nSPS) is 18.3. The van der Waals surface area contributed by atoms with Gasteiger partial charge in [0, 0.05) is 11.3 Å². The smallest absolute Gasteiger partial charge is 0.317 e. The topological polar surface area (TPSA) is 51.0 Å². The number of benzene rings is 2. The van der Waals surface area contributed by atoms with E-state index in [0.29, 0.717) is 11.4 Å². The number of carbonyl (C=O) groups is 1. The van der Waals surface area contributed by atoms with Crippen molar-refractivity contribution in [2.75, 3.05) is 0 Å². The Morgan fingerprint density at radius 3 is 2.33 bits per heavy atom. The van der Waals surface area contributed by atoms with E-state index in [0.717, 1.165) is 11.3 Å². The van der Waals surface area contributed by atoms with Crippen LogP contribution in [0.1, 0.15) is 12.5 Å². The molecule has 1 heterocycles. The molecule has 2 aromatic carbocycles. The van der Waals surface area contributed by atoms with Crippen molar-refractivity contribution in [1.29, 1.82) is 0 Å². The molecule has 0 saturated carbocycles. The molecule has 0 radical (unpaired) electrons. The molecular formula is C17H14N2O2. The molecule has 0 N–H and O–H groups in total. The van der Waals surface area contributed by atoms with E-state index in [9.17, 15) is 4.79 Å². The molecule has 21 heavy (non-hydrogen) atoms. The lowest BCUT2D eigenvalue weighted by atomic mass is 9.93. The Morgan fingerprint density at radius 1 is 1.05 bits per heavy atom. The fourth-order valence-electron chi connectivity index (χ4n) is 2.28. The van der Waals surface area contributed by atoms with Gasteiger partial charge < -0.3 is 4.84 Å². The Hall–Kier alpha value is -2.75. The quantitative estimate of drug-likeness (QED) is 0.638. The largest absolute Gasteiger partial charge is 0.349 e. The Balaban J connectivity index is 1.94. The third kappa shape index (κ3) is 2.74. The highest BCUT2D eigenvalue weighted by molar-refractivity contribution is 6.27. The standard InChI is InChI=1S/C17H14N2O2/c1-12(18-14-10-6-3-7-11-14)15-16(19-21-17(15)20)13-8-4-2-5-9-13/h2-11,15H,1H3/t15-/m1/s1. The zero-order valence-corrected chi connectivity index (χ0v) is 11.6. The lowest BCUT2D eigenvalue weighted by molar-refractivity contribution is -0.141. The second-order valence-corrected chi connectivity index (χ2v) is 4.77. The SMILES string of the molecule is CC(=Nc1ccccc1)[C@H]1C(=O)ON=C1c1ccccc1. The van der Waals surface area contributed by atoms with Crippen molar-refractivity contribution in [2.24, 2.45) is 16.1 Å². The molecule has 1 aliphatic heterocycles. The van der Waals surface area contributed by atoms with Gasteiger partial charge in [-0.15, -0.1) is 0 Å². The highest BCUT2D eigenvalue weighted by Gasteiger charge is 2.36. The molecule has 0 fully saturated rings. The number of nitrogens with zero attached hydrogens (tertiary/aromatic N) is 2. The summed E-state index contributed by atoms with van der Waals surface area (Å²) >= 11 is 0. The van der Waals surface area contributed by atoms with Gasteiger partial charge in [0.05, 0.1) is 5.69 Å². The van der Waals surface area contributed by atoms with E-state index in [-0.39, 0.29) is 5.97 Å². The van der Waals surface area contributed by atoms with Gasteiger partial charge in [0.15, 0.2) is 0 Å². The Morgan fingerprint density at radius 2 is 1.67 bits per heavy atom. The predicted molar refractivity (Wildman–Crippen MR) is 81.8 cm³/mol. The summed E-state index contributed by atoms with van der Waals surface area (Å²) in [5.74, 6) is -0.932. The zero-order valence-electron chi connectivity index (χ0n) is 11.6. The van der Waals surface area contributed by atoms with E-state index >= 15 is 0 Å². The number of para-hydroxylation sites is 1. The molecule has 0 aliphatic carbocycles. The Labute approximate surface area is 122 Å². The molecule has 4 nitrogen and oxygen atoms in total. The summed E-state index contributed by atoms with van der Waals surface area (Å²) in [6.45, 7) is 1.82. The maximum absolute atomic E-state index is 12.0. The van der Waals surface area contributed by atoms with Crippen LogP contribution in [0.4, 0.5) is 5.69 Å². The fraction of sp³-hybridized carbons (Fsp3) is 0.118. The zero-order chi connectivity index (χ0) is 14.7. The summed E-state index contributed by atoms with van der Waals surface area (Å²) in [5, 5.41) is 3.92. The molecule has 4 heteroatoms. The van der Waals surface area contributed by atoms with Gasteiger partial charge in [0.1, 0.15) is 11.6 Å². The number of oxime groups is 1. The van der Waals surface area contributed by atoms with Gasteiger partial charge >= 0.3 is 5.97 Å². The maximum atomic E-state index is 12.0. The van der Waals surface area contributed by atoms with Crippen LogP contribution in [0.25, 0.3) is 0 Å². The van der Waals surface area contributed by atoms with Crippen molar-refractivity contribution < 1.29 is 9.63 Å². The molecule has 0 saturated heterocycles. The average molecular weight is 278 g/mol. The van der Waals surface area contributed by atoms with Gasteiger partial charge in [0.2, 0.25) is 0 Å². The first-order valence-electron chi connectivity index (χ1n) is 6.70. The molecule has 104 valence electrons. The number of rotatable bonds is 3. The molecule has 1 atom stereocenters. The van der Waals surface area contributed by atoms with Gasteiger partial charge in [-0.05, 0) is 19.1 Å². The summed E-state index contributed by atoms with van der Waals surface area (Å²) in [5.41, 5.74) is 2.96. The van der Waals surface area contributed by atoms with E-state index in [1.54, 1.807) is 0 Å². The summed E-state index contributed by atoms with van der Waals surface area (Å²) in [6, 6.07) is 19.1. The average Bonchev–Trinajstić information content (AvgIpc) is 2.91. The second kappa shape index (κ2) is 5.71. The molecule has 0 bridgehead atoms. The van der Waals surface area contributed by atoms with Crippen LogP contribution < -0.4 is 0 Å². The molecule has 0 aromatic heterocycles. The molecular weight excluding hydrogens is 264 g/mol. The molecule has 3 rings (SSSR count). The molecule has 1 aliphatic rings. The number of carbonyl (C=O) groups excluding carboxylic acids is 1. The summed E-state index contributed by atoms with van der Waals surface area (Å²) < 4.78 is 0. The van der Waals surface area contributed by atoms with Gasteiger partial charge in [-0.3, -0.25) is 4.99 Å². The van der Waals surface area contributed by atoms with Crippen LogP contribution in [-0.4, -0.2) is 17.4 Å². The lowest BCUT2D eigenvalue weighted by Gasteiger charge is -2.09. The molecule has 0 amide bonds. The summed E-state index contributed by atoms with van der Waals surface area (Å²) in [6.07, 6.45) is 0. The monoisotopic (exact) mass is 278 g/mol. The minimum absolute atomic E-state index is 0.383. The van der Waals surface area contributed by atoms with Crippen molar-refractivity contribution in [2.45, 2.75) is 6.92 Å². The van der Waals surface area contributed by atoms with Crippen LogP contribution in [0.15, 0.2) is 70.8 Å². The van der Waals surface area contributed by atoms with Gasteiger partial charge in [-0.25, -0.2) is 4.79 Å². The van der Waals surface area contributed by atoms with E-state index in [1.165, 1.54) is 0 Å². The first-order valence-corrected chi connectivity index (χ1v) is 6.70. The van der Waals surface area contributed by atoms with Crippen molar-refractivity contribution in [1.82, 2.24) is 0 Å². The van der Waals surface area contributed by atoms with Gasteiger partial charge in [-0.2, -0.15) is 0 Å². The number of aliphatic imine (C=N–C) groups is 1. The predicted octanol–water partition coefficient (Wildman–Crippen LogP) is 3.36. The van der Waals surface area contributed by atoms with E-state index in [1.807, 2.05) is 67.6 Å². The highest BCUT2D eigenvalue weighted by atomic mass is 16.7. The van der Waals surface area contributed by atoms with Crippen molar-refractivity contribution in [3.05, 3.63) is 66.2 Å². The van der Waals surface area contributed by atoms with Crippen LogP contribution >= 0.6 is 0 Å². The second-order valence-electron chi connectivity index (χ2n) is 4.77. The highest BCUT2D eigenvalue weighted by Crippen LogP contribution is 2.22. The van der Waals surface area contributed by atoms with Crippen LogP contribution in [0, 0.1) is 5.92 Å². The lowest BCUT2D eigenvalue weighted by Crippen LogP contribution is -2.26.